The molecule has 1 aliphatic rings. The maximum atomic E-state index is 9.62. The first-order chi connectivity index (χ1) is 11.8. The van der Waals surface area contributed by atoms with Crippen molar-refractivity contribution >= 4 is 45.8 Å². The number of nitrogens with zero attached hydrogens (tertiary/aromatic N) is 2. The molecule has 5 heteroatoms. The highest BCUT2D eigenvalue weighted by molar-refractivity contribution is 7.16. The summed E-state index contributed by atoms with van der Waals surface area (Å²) < 4.78 is 0. The molecule has 1 aromatic heterocycles. The Hall–Kier alpha value is -1.34. The van der Waals surface area contributed by atoms with Gasteiger partial charge in [-0.05, 0) is 42.2 Å². The van der Waals surface area contributed by atoms with E-state index in [1.54, 1.807) is 23.6 Å². The van der Waals surface area contributed by atoms with Crippen LogP contribution in [0.5, 0.6) is 0 Å². The molecule has 130 valence electrons. The summed E-state index contributed by atoms with van der Waals surface area (Å²) in [6.07, 6.45) is 4.83. The van der Waals surface area contributed by atoms with Gasteiger partial charge in [0.15, 0.2) is 0 Å². The highest BCUT2D eigenvalue weighted by atomic mass is 35.5. The minimum Gasteiger partial charge on any atom is -0.244 e. The standard InChI is InChI=1S/C20H20Cl2N2S/c1-20(2,3)13-7-8-14-15(10-23)19(25-17(14)9-13)24-11-12-5-4-6-16(21)18(12)22/h4-6,11,13H,7-9H2,1-3H3/t13-/m1/s1. The third-order valence-electron chi connectivity index (χ3n) is 4.89. The summed E-state index contributed by atoms with van der Waals surface area (Å²) >= 11 is 13.9. The van der Waals surface area contributed by atoms with Crippen molar-refractivity contribution in [2.45, 2.75) is 40.0 Å². The molecule has 25 heavy (non-hydrogen) atoms. The molecular weight excluding hydrogens is 371 g/mol. The molecule has 1 atom stereocenters. The van der Waals surface area contributed by atoms with Crippen molar-refractivity contribution in [1.29, 1.82) is 5.26 Å². The van der Waals surface area contributed by atoms with Gasteiger partial charge in [0.25, 0.3) is 0 Å². The molecule has 0 radical (unpaired) electrons. The molecule has 0 saturated carbocycles. The molecule has 1 aromatic carbocycles. The molecule has 0 bridgehead atoms. The van der Waals surface area contributed by atoms with Gasteiger partial charge in [0.2, 0.25) is 0 Å². The number of hydrogen-bond acceptors (Lipinski definition) is 3. The molecule has 3 rings (SSSR count). The van der Waals surface area contributed by atoms with Crippen LogP contribution < -0.4 is 0 Å². The maximum absolute atomic E-state index is 9.62. The normalized spacial score (nSPS) is 17.5. The number of hydrogen-bond donors (Lipinski definition) is 0. The predicted octanol–water partition coefficient (Wildman–Crippen LogP) is 6.83. The average Bonchev–Trinajstić information content (AvgIpc) is 2.92. The first-order valence-electron chi connectivity index (χ1n) is 8.34. The van der Waals surface area contributed by atoms with Crippen LogP contribution in [-0.4, -0.2) is 6.21 Å². The van der Waals surface area contributed by atoms with Gasteiger partial charge in [0.05, 0.1) is 15.6 Å². The fraction of sp³-hybridized carbons (Fsp3) is 0.400. The molecule has 2 aromatic rings. The maximum Gasteiger partial charge on any atom is 0.134 e. The summed E-state index contributed by atoms with van der Waals surface area (Å²) in [6, 6.07) is 7.81. The molecule has 0 unspecified atom stereocenters. The Morgan fingerprint density at radius 1 is 1.32 bits per heavy atom. The van der Waals surface area contributed by atoms with Crippen molar-refractivity contribution < 1.29 is 0 Å². The largest absolute Gasteiger partial charge is 0.244 e. The summed E-state index contributed by atoms with van der Waals surface area (Å²) in [5.74, 6) is 0.643. The molecule has 0 aliphatic heterocycles. The zero-order valence-electron chi connectivity index (χ0n) is 14.6. The van der Waals surface area contributed by atoms with Crippen molar-refractivity contribution in [2.75, 3.05) is 0 Å². The van der Waals surface area contributed by atoms with Crippen LogP contribution in [0.2, 0.25) is 10.0 Å². The summed E-state index contributed by atoms with van der Waals surface area (Å²) in [4.78, 5) is 5.88. The van der Waals surface area contributed by atoms with E-state index in [9.17, 15) is 5.26 Å². The highest BCUT2D eigenvalue weighted by Crippen LogP contribution is 2.44. The fourth-order valence-corrected chi connectivity index (χ4v) is 4.84. The van der Waals surface area contributed by atoms with E-state index >= 15 is 0 Å². The summed E-state index contributed by atoms with van der Waals surface area (Å²) in [7, 11) is 0. The van der Waals surface area contributed by atoms with E-state index in [1.165, 1.54) is 10.4 Å². The second-order valence-corrected chi connectivity index (χ2v) is 9.37. The van der Waals surface area contributed by atoms with Crippen molar-refractivity contribution in [3.05, 3.63) is 49.8 Å². The summed E-state index contributed by atoms with van der Waals surface area (Å²) in [5.41, 5.74) is 2.96. The number of nitriles is 1. The van der Waals surface area contributed by atoms with Crippen LogP contribution in [-0.2, 0) is 12.8 Å². The zero-order chi connectivity index (χ0) is 18.2. The van der Waals surface area contributed by atoms with E-state index in [0.717, 1.165) is 35.4 Å². The molecule has 0 fully saturated rings. The van der Waals surface area contributed by atoms with Crippen molar-refractivity contribution in [1.82, 2.24) is 0 Å². The van der Waals surface area contributed by atoms with Gasteiger partial charge in [0, 0.05) is 16.7 Å². The Bertz CT molecular complexity index is 869. The van der Waals surface area contributed by atoms with Crippen LogP contribution in [0.1, 0.15) is 48.8 Å². The number of aliphatic imine (C=N–C) groups is 1. The van der Waals surface area contributed by atoms with Gasteiger partial charge in [-0.2, -0.15) is 5.26 Å². The van der Waals surface area contributed by atoms with Gasteiger partial charge in [-0.25, -0.2) is 4.99 Å². The van der Waals surface area contributed by atoms with Crippen LogP contribution >= 0.6 is 34.5 Å². The minimum atomic E-state index is 0.284. The molecule has 0 saturated heterocycles. The zero-order valence-corrected chi connectivity index (χ0v) is 16.9. The predicted molar refractivity (Wildman–Crippen MR) is 108 cm³/mol. The molecule has 0 amide bonds. The van der Waals surface area contributed by atoms with Gasteiger partial charge in [-0.1, -0.05) is 56.1 Å². The fourth-order valence-electron chi connectivity index (χ4n) is 3.27. The Labute approximate surface area is 163 Å². The number of rotatable bonds is 2. The minimum absolute atomic E-state index is 0.284. The molecular formula is C20H20Cl2N2S. The quantitative estimate of drug-likeness (QED) is 0.517. The van der Waals surface area contributed by atoms with Gasteiger partial charge in [-0.3, -0.25) is 0 Å². The lowest BCUT2D eigenvalue weighted by Gasteiger charge is -2.33. The highest BCUT2D eigenvalue weighted by Gasteiger charge is 2.32. The Morgan fingerprint density at radius 2 is 2.08 bits per heavy atom. The van der Waals surface area contributed by atoms with Crippen molar-refractivity contribution in [3.8, 4) is 6.07 Å². The summed E-state index contributed by atoms with van der Waals surface area (Å²) in [6.45, 7) is 6.88. The van der Waals surface area contributed by atoms with Gasteiger partial charge in [0.1, 0.15) is 11.1 Å². The Morgan fingerprint density at radius 3 is 2.76 bits per heavy atom. The smallest absolute Gasteiger partial charge is 0.134 e. The Kier molecular flexibility index (Phi) is 5.25. The van der Waals surface area contributed by atoms with Crippen LogP contribution in [0.15, 0.2) is 23.2 Å². The lowest BCUT2D eigenvalue weighted by molar-refractivity contribution is 0.218. The third kappa shape index (κ3) is 3.77. The van der Waals surface area contributed by atoms with Crippen LogP contribution in [0.4, 0.5) is 5.00 Å². The second-order valence-electron chi connectivity index (χ2n) is 7.50. The Balaban J connectivity index is 1.94. The van der Waals surface area contributed by atoms with Crippen molar-refractivity contribution in [2.24, 2.45) is 16.3 Å². The van der Waals surface area contributed by atoms with Gasteiger partial charge >= 0.3 is 0 Å². The van der Waals surface area contributed by atoms with Crippen LogP contribution in [0, 0.1) is 22.7 Å². The number of halogens is 2. The first-order valence-corrected chi connectivity index (χ1v) is 9.91. The van der Waals surface area contributed by atoms with Crippen LogP contribution in [0.3, 0.4) is 0 Å². The van der Waals surface area contributed by atoms with E-state index in [-0.39, 0.29) is 5.41 Å². The third-order valence-corrected chi connectivity index (χ3v) is 6.88. The molecule has 1 aliphatic carbocycles. The summed E-state index contributed by atoms with van der Waals surface area (Å²) in [5, 5.41) is 11.4. The van der Waals surface area contributed by atoms with Gasteiger partial charge in [-0.15, -0.1) is 11.3 Å². The molecule has 0 N–H and O–H groups in total. The van der Waals surface area contributed by atoms with E-state index in [0.29, 0.717) is 16.0 Å². The van der Waals surface area contributed by atoms with E-state index in [4.69, 9.17) is 23.2 Å². The first kappa shape index (κ1) is 18.5. The number of benzene rings is 1. The van der Waals surface area contributed by atoms with Crippen molar-refractivity contribution in [3.63, 3.8) is 0 Å². The average molecular weight is 391 g/mol. The number of thiophene rings is 1. The second kappa shape index (κ2) is 7.11. The van der Waals surface area contributed by atoms with Crippen LogP contribution in [0.25, 0.3) is 0 Å². The monoisotopic (exact) mass is 390 g/mol. The topological polar surface area (TPSA) is 36.1 Å². The van der Waals surface area contributed by atoms with E-state index < -0.39 is 0 Å². The van der Waals surface area contributed by atoms with E-state index in [2.05, 4.69) is 31.8 Å². The molecule has 1 heterocycles. The van der Waals surface area contributed by atoms with E-state index in [1.807, 2.05) is 12.1 Å². The lowest BCUT2D eigenvalue weighted by atomic mass is 9.72. The molecule has 2 nitrogen and oxygen atoms in total. The SMILES string of the molecule is CC(C)(C)[C@@H]1CCc2c(sc(N=Cc3cccc(Cl)c3Cl)c2C#N)C1. The van der Waals surface area contributed by atoms with Gasteiger partial charge < -0.3 is 0 Å². The lowest BCUT2D eigenvalue weighted by Crippen LogP contribution is -2.26. The number of fused-ring (bicyclic) bond motifs is 1. The molecule has 0 spiro atoms.